The van der Waals surface area contributed by atoms with Crippen LogP contribution < -0.4 is 5.73 Å². The van der Waals surface area contributed by atoms with Crippen LogP contribution in [0.25, 0.3) is 0 Å². The second-order valence-corrected chi connectivity index (χ2v) is 6.14. The molecular weight excluding hydrogens is 214 g/mol. The predicted molar refractivity (Wildman–Crippen MR) is 71.8 cm³/mol. The van der Waals surface area contributed by atoms with Crippen molar-refractivity contribution in [3.8, 4) is 0 Å². The lowest BCUT2D eigenvalue weighted by Crippen LogP contribution is -2.44. The summed E-state index contributed by atoms with van der Waals surface area (Å²) in [6, 6.07) is 2.23. The van der Waals surface area contributed by atoms with E-state index in [1.165, 1.54) is 44.1 Å². The minimum absolute atomic E-state index is 0.126. The fourth-order valence-corrected chi connectivity index (χ4v) is 3.63. The van der Waals surface area contributed by atoms with Gasteiger partial charge in [-0.1, -0.05) is 26.2 Å². The largest absolute Gasteiger partial charge is 0.325 e. The van der Waals surface area contributed by atoms with Crippen LogP contribution in [0, 0.1) is 5.92 Å². The lowest BCUT2D eigenvalue weighted by atomic mass is 9.73. The summed E-state index contributed by atoms with van der Waals surface area (Å²) in [7, 11) is 0. The summed E-state index contributed by atoms with van der Waals surface area (Å²) in [5.74, 6) is 0.876. The molecule has 0 aromatic carbocycles. The number of hydrogen-bond donors (Lipinski definition) is 1. The van der Waals surface area contributed by atoms with Crippen molar-refractivity contribution in [2.45, 2.75) is 57.4 Å². The molecule has 90 valence electrons. The third-order valence-corrected chi connectivity index (χ3v) is 4.78. The van der Waals surface area contributed by atoms with Gasteiger partial charge in [0.25, 0.3) is 0 Å². The Bertz CT molecular complexity index is 307. The smallest absolute Gasteiger partial charge is 0.0160 e. The van der Waals surface area contributed by atoms with Crippen LogP contribution in [-0.2, 0) is 6.42 Å². The van der Waals surface area contributed by atoms with Gasteiger partial charge in [0.05, 0.1) is 0 Å². The van der Waals surface area contributed by atoms with E-state index in [2.05, 4.69) is 23.8 Å². The molecule has 0 saturated heterocycles. The van der Waals surface area contributed by atoms with E-state index in [0.717, 1.165) is 12.3 Å². The third kappa shape index (κ3) is 3.08. The minimum Gasteiger partial charge on any atom is -0.325 e. The molecule has 1 aromatic heterocycles. The van der Waals surface area contributed by atoms with E-state index in [1.54, 1.807) is 11.3 Å². The Kier molecular flexibility index (Phi) is 4.04. The van der Waals surface area contributed by atoms with Crippen molar-refractivity contribution in [3.05, 3.63) is 22.4 Å². The van der Waals surface area contributed by atoms with E-state index >= 15 is 0 Å². The molecule has 1 fully saturated rings. The van der Waals surface area contributed by atoms with Gasteiger partial charge >= 0.3 is 0 Å². The molecular formula is C14H23NS. The zero-order valence-electron chi connectivity index (χ0n) is 10.2. The lowest BCUT2D eigenvalue weighted by molar-refractivity contribution is 0.208. The quantitative estimate of drug-likeness (QED) is 0.842. The van der Waals surface area contributed by atoms with Gasteiger partial charge in [-0.15, -0.1) is 0 Å². The van der Waals surface area contributed by atoms with Gasteiger partial charge < -0.3 is 5.73 Å². The Balaban J connectivity index is 1.87. The molecule has 0 radical (unpaired) electrons. The van der Waals surface area contributed by atoms with E-state index in [0.29, 0.717) is 0 Å². The topological polar surface area (TPSA) is 26.0 Å². The number of thiophene rings is 1. The predicted octanol–water partition coefficient (Wildman–Crippen LogP) is 3.98. The van der Waals surface area contributed by atoms with Gasteiger partial charge in [0, 0.05) is 5.54 Å². The average Bonchev–Trinajstić information content (AvgIpc) is 2.79. The first kappa shape index (κ1) is 12.1. The summed E-state index contributed by atoms with van der Waals surface area (Å²) in [5, 5.41) is 4.41. The van der Waals surface area contributed by atoms with Crippen LogP contribution >= 0.6 is 11.3 Å². The number of aryl methyl sites for hydroxylation is 1. The molecule has 2 rings (SSSR count). The maximum absolute atomic E-state index is 6.55. The highest BCUT2D eigenvalue weighted by atomic mass is 32.1. The zero-order valence-corrected chi connectivity index (χ0v) is 11.1. The van der Waals surface area contributed by atoms with Crippen molar-refractivity contribution >= 4 is 11.3 Å². The van der Waals surface area contributed by atoms with Crippen molar-refractivity contribution in [2.75, 3.05) is 0 Å². The standard InChI is InChI=1S/C14H23NS/c1-2-12-4-3-7-14(15,10-12)8-5-13-6-9-16-11-13/h6,9,11-12H,2-5,7-8,10,15H2,1H3. The number of hydrogen-bond acceptors (Lipinski definition) is 2. The van der Waals surface area contributed by atoms with Crippen LogP contribution in [0.15, 0.2) is 16.8 Å². The summed E-state index contributed by atoms with van der Waals surface area (Å²) in [4.78, 5) is 0. The van der Waals surface area contributed by atoms with E-state index in [-0.39, 0.29) is 5.54 Å². The molecule has 1 saturated carbocycles. The van der Waals surface area contributed by atoms with E-state index in [1.807, 2.05) is 0 Å². The normalized spacial score (nSPS) is 30.5. The second kappa shape index (κ2) is 5.33. The Morgan fingerprint density at radius 3 is 3.12 bits per heavy atom. The van der Waals surface area contributed by atoms with Gasteiger partial charge in [0.15, 0.2) is 0 Å². The van der Waals surface area contributed by atoms with Crippen LogP contribution in [0.3, 0.4) is 0 Å². The summed E-state index contributed by atoms with van der Waals surface area (Å²) in [5.41, 5.74) is 8.14. The molecule has 0 bridgehead atoms. The minimum atomic E-state index is 0.126. The van der Waals surface area contributed by atoms with Crippen molar-refractivity contribution < 1.29 is 0 Å². The first-order valence-electron chi connectivity index (χ1n) is 6.52. The highest BCUT2D eigenvalue weighted by Crippen LogP contribution is 2.35. The molecule has 1 aromatic rings. The molecule has 1 nitrogen and oxygen atoms in total. The fraction of sp³-hybridized carbons (Fsp3) is 0.714. The third-order valence-electron chi connectivity index (χ3n) is 4.05. The highest BCUT2D eigenvalue weighted by Gasteiger charge is 2.31. The molecule has 0 aliphatic heterocycles. The SMILES string of the molecule is CCC1CCCC(N)(CCc2ccsc2)C1. The summed E-state index contributed by atoms with van der Waals surface area (Å²) in [6.07, 6.45) is 8.84. The zero-order chi connectivity index (χ0) is 11.4. The van der Waals surface area contributed by atoms with E-state index in [4.69, 9.17) is 5.73 Å². The maximum atomic E-state index is 6.55. The Hall–Kier alpha value is -0.340. The second-order valence-electron chi connectivity index (χ2n) is 5.36. The number of rotatable bonds is 4. The molecule has 16 heavy (non-hydrogen) atoms. The van der Waals surface area contributed by atoms with Crippen LogP contribution in [0.4, 0.5) is 0 Å². The van der Waals surface area contributed by atoms with E-state index < -0.39 is 0 Å². The summed E-state index contributed by atoms with van der Waals surface area (Å²) >= 11 is 1.79. The van der Waals surface area contributed by atoms with Gasteiger partial charge in [0.2, 0.25) is 0 Å². The Labute approximate surface area is 103 Å². The monoisotopic (exact) mass is 237 g/mol. The highest BCUT2D eigenvalue weighted by molar-refractivity contribution is 7.07. The first-order valence-corrected chi connectivity index (χ1v) is 7.46. The van der Waals surface area contributed by atoms with Crippen LogP contribution in [0.5, 0.6) is 0 Å². The molecule has 1 aliphatic rings. The van der Waals surface area contributed by atoms with Crippen LogP contribution in [0.2, 0.25) is 0 Å². The van der Waals surface area contributed by atoms with Gasteiger partial charge in [-0.05, 0) is 54.0 Å². The van der Waals surface area contributed by atoms with Gasteiger partial charge in [-0.25, -0.2) is 0 Å². The van der Waals surface area contributed by atoms with Gasteiger partial charge in [-0.2, -0.15) is 11.3 Å². The van der Waals surface area contributed by atoms with Crippen molar-refractivity contribution in [1.82, 2.24) is 0 Å². The lowest BCUT2D eigenvalue weighted by Gasteiger charge is -2.38. The van der Waals surface area contributed by atoms with Crippen molar-refractivity contribution in [2.24, 2.45) is 11.7 Å². The molecule has 1 heterocycles. The van der Waals surface area contributed by atoms with Crippen LogP contribution in [-0.4, -0.2) is 5.54 Å². The van der Waals surface area contributed by atoms with Gasteiger partial charge in [-0.3, -0.25) is 0 Å². The summed E-state index contributed by atoms with van der Waals surface area (Å²) in [6.45, 7) is 2.30. The molecule has 0 spiro atoms. The van der Waals surface area contributed by atoms with Crippen molar-refractivity contribution in [1.29, 1.82) is 0 Å². The molecule has 1 aliphatic carbocycles. The first-order chi connectivity index (χ1) is 7.72. The number of nitrogens with two attached hydrogens (primary N) is 1. The molecule has 2 atom stereocenters. The average molecular weight is 237 g/mol. The van der Waals surface area contributed by atoms with Crippen molar-refractivity contribution in [3.63, 3.8) is 0 Å². The molecule has 0 amide bonds. The Morgan fingerprint density at radius 2 is 2.44 bits per heavy atom. The van der Waals surface area contributed by atoms with E-state index in [9.17, 15) is 0 Å². The van der Waals surface area contributed by atoms with Gasteiger partial charge in [0.1, 0.15) is 0 Å². The molecule has 2 heteroatoms. The van der Waals surface area contributed by atoms with Crippen LogP contribution in [0.1, 0.15) is 51.0 Å². The maximum Gasteiger partial charge on any atom is 0.0160 e. The Morgan fingerprint density at radius 1 is 1.56 bits per heavy atom. The molecule has 2 N–H and O–H groups in total. The summed E-state index contributed by atoms with van der Waals surface area (Å²) < 4.78 is 0. The fourth-order valence-electron chi connectivity index (χ4n) is 2.93. The molecule has 2 unspecified atom stereocenters.